The first kappa shape index (κ1) is 29.0. The lowest BCUT2D eigenvalue weighted by Gasteiger charge is -2.46. The van der Waals surface area contributed by atoms with Gasteiger partial charge in [-0.25, -0.2) is 4.79 Å². The number of amides is 3. The highest BCUT2D eigenvalue weighted by atomic mass is 32.2. The number of nitro groups is 1. The topological polar surface area (TPSA) is 180 Å². The van der Waals surface area contributed by atoms with E-state index in [9.17, 15) is 39.4 Å². The van der Waals surface area contributed by atoms with Crippen LogP contribution in [-0.4, -0.2) is 72.3 Å². The van der Waals surface area contributed by atoms with Crippen molar-refractivity contribution in [3.05, 3.63) is 83.4 Å². The van der Waals surface area contributed by atoms with Crippen LogP contribution in [0.15, 0.2) is 24.3 Å². The normalized spacial score (nSPS) is 24.3. The van der Waals surface area contributed by atoms with Gasteiger partial charge in [-0.2, -0.15) is 0 Å². The Morgan fingerprint density at radius 1 is 0.952 bits per heavy atom. The minimum atomic E-state index is -1.37. The van der Waals surface area contributed by atoms with Gasteiger partial charge in [0.15, 0.2) is 0 Å². The van der Waals surface area contributed by atoms with Crippen LogP contribution < -0.4 is 0 Å². The molecule has 42 heavy (non-hydrogen) atoms. The van der Waals surface area contributed by atoms with Crippen LogP contribution in [0.5, 0.6) is 0 Å². The number of thioether (sulfide) groups is 1. The predicted molar refractivity (Wildman–Crippen MR) is 146 cm³/mol. The van der Waals surface area contributed by atoms with Gasteiger partial charge in [-0.05, 0) is 74.6 Å². The average Bonchev–Trinajstić information content (AvgIpc) is 3.37. The average molecular weight is 599 g/mol. The van der Waals surface area contributed by atoms with Gasteiger partial charge in [0.2, 0.25) is 0 Å². The second-order valence-electron chi connectivity index (χ2n) is 10.7. The highest BCUT2D eigenvalue weighted by molar-refractivity contribution is 8.01. The molecule has 5 rings (SSSR count). The zero-order valence-corrected chi connectivity index (χ0v) is 24.1. The third-order valence-electron chi connectivity index (χ3n) is 8.34. The molecule has 0 spiro atoms. The number of hydrogen-bond acceptors (Lipinski definition) is 11. The number of imide groups is 1. The second-order valence-corrected chi connectivity index (χ2v) is 12.3. The van der Waals surface area contributed by atoms with Crippen molar-refractivity contribution in [1.29, 1.82) is 0 Å². The van der Waals surface area contributed by atoms with Crippen LogP contribution in [0.1, 0.15) is 55.5 Å². The fourth-order valence-electron chi connectivity index (χ4n) is 5.77. The van der Waals surface area contributed by atoms with E-state index in [1.54, 1.807) is 13.8 Å². The molecular weight excluding hydrogens is 572 g/mol. The third kappa shape index (κ3) is 4.26. The lowest BCUT2D eigenvalue weighted by molar-refractivity contribution is -0.758. The molecule has 2 aromatic rings. The van der Waals surface area contributed by atoms with Gasteiger partial charge in [-0.1, -0.05) is 0 Å². The maximum atomic E-state index is 13.6. The number of rotatable bonds is 8. The van der Waals surface area contributed by atoms with E-state index in [4.69, 9.17) is 4.74 Å². The third-order valence-corrected chi connectivity index (χ3v) is 9.94. The van der Waals surface area contributed by atoms with Gasteiger partial charge in [0.25, 0.3) is 28.5 Å². The fraction of sp³-hybridized carbons (Fsp3) is 0.407. The number of ether oxygens (including phenoxy) is 1. The minimum Gasteiger partial charge on any atom is -0.459 e. The molecule has 0 bridgehead atoms. The van der Waals surface area contributed by atoms with Gasteiger partial charge in [-0.3, -0.25) is 29.4 Å². The van der Waals surface area contributed by atoms with Crippen LogP contribution in [-0.2, 0) is 25.8 Å². The number of fused-ring (bicyclic) bond motifs is 2. The van der Waals surface area contributed by atoms with E-state index in [0.717, 1.165) is 27.8 Å². The Labute approximate surface area is 243 Å². The first-order chi connectivity index (χ1) is 19.7. The van der Waals surface area contributed by atoms with Crippen LogP contribution in [0.3, 0.4) is 0 Å². The molecular formula is C27H26N4O10S. The monoisotopic (exact) mass is 598 g/mol. The first-order valence-electron chi connectivity index (χ1n) is 12.8. The van der Waals surface area contributed by atoms with E-state index in [1.807, 2.05) is 13.8 Å². The molecule has 3 heterocycles. The van der Waals surface area contributed by atoms with Crippen molar-refractivity contribution in [2.45, 2.75) is 63.4 Å². The van der Waals surface area contributed by atoms with Gasteiger partial charge in [0.1, 0.15) is 30.7 Å². The summed E-state index contributed by atoms with van der Waals surface area (Å²) < 4.78 is 4.07. The Hall–Kier alpha value is -4.53. The number of benzene rings is 2. The zero-order chi connectivity index (χ0) is 30.8. The maximum Gasteiger partial charge on any atom is 0.330 e. The molecule has 220 valence electrons. The molecule has 14 nitrogen and oxygen atoms in total. The Balaban J connectivity index is 1.42. The number of nitro benzene ring substituents is 1. The van der Waals surface area contributed by atoms with Crippen molar-refractivity contribution < 1.29 is 38.8 Å². The molecule has 2 fully saturated rings. The van der Waals surface area contributed by atoms with Gasteiger partial charge in [0.05, 0.1) is 20.8 Å². The Bertz CT molecular complexity index is 1550. The van der Waals surface area contributed by atoms with Crippen molar-refractivity contribution in [2.75, 3.05) is 6.61 Å². The first-order valence-corrected chi connectivity index (χ1v) is 13.7. The number of nitrogens with zero attached hydrogens (tertiary/aromatic N) is 4. The molecule has 4 atom stereocenters. The Kier molecular flexibility index (Phi) is 6.95. The van der Waals surface area contributed by atoms with Gasteiger partial charge >= 0.3 is 5.97 Å². The summed E-state index contributed by atoms with van der Waals surface area (Å²) in [4.78, 5) is 82.3. The van der Waals surface area contributed by atoms with Crippen LogP contribution in [0.25, 0.3) is 0 Å². The highest BCUT2D eigenvalue weighted by Crippen LogP contribution is 2.54. The summed E-state index contributed by atoms with van der Waals surface area (Å²) in [6.45, 7) is 7.85. The zero-order valence-electron chi connectivity index (χ0n) is 23.2. The second kappa shape index (κ2) is 10.1. The van der Waals surface area contributed by atoms with E-state index in [-0.39, 0.29) is 23.4 Å². The van der Waals surface area contributed by atoms with Gasteiger partial charge < -0.3 is 14.5 Å². The summed E-state index contributed by atoms with van der Waals surface area (Å²) in [6, 6.07) is 2.75. The molecule has 0 aromatic heterocycles. The number of hydrogen-bond donors (Lipinski definition) is 0. The molecule has 3 aliphatic rings. The Morgan fingerprint density at radius 2 is 1.50 bits per heavy atom. The van der Waals surface area contributed by atoms with E-state index in [2.05, 4.69) is 4.84 Å². The lowest BCUT2D eigenvalue weighted by Crippen LogP contribution is -2.71. The number of carbonyl (C=O) groups excluding carboxylic acids is 4. The quantitative estimate of drug-likeness (QED) is 0.143. The van der Waals surface area contributed by atoms with Gasteiger partial charge in [0, 0.05) is 12.1 Å². The maximum absolute atomic E-state index is 13.6. The van der Waals surface area contributed by atoms with Crippen molar-refractivity contribution >= 4 is 41.1 Å². The van der Waals surface area contributed by atoms with E-state index < -0.39 is 62.5 Å². The molecule has 2 unspecified atom stereocenters. The highest BCUT2D eigenvalue weighted by Gasteiger charge is 2.69. The smallest absolute Gasteiger partial charge is 0.330 e. The molecule has 0 saturated carbocycles. The summed E-state index contributed by atoms with van der Waals surface area (Å²) in [5.41, 5.74) is 3.81. The molecule has 3 aliphatic heterocycles. The standard InChI is InChI=1S/C27H26N4O10S/c1-12-13(2)15(4)19-18(14(12)3)22(32)28(23(19)33)20-24(34)29-21(27(5,42-25(20)29)11-41-31(38)39)26(35)40-10-16-6-8-17(9-7-16)30(36)37/h6-9,20-21,25H,10-11H2,1-5H3/t20?,21?,25-,27-/m0/s1. The van der Waals surface area contributed by atoms with Crippen LogP contribution in [0.2, 0.25) is 0 Å². The van der Waals surface area contributed by atoms with Crippen LogP contribution in [0, 0.1) is 47.9 Å². The number of β-lactam (4-membered cyclic amide) rings is 1. The van der Waals surface area contributed by atoms with E-state index in [0.29, 0.717) is 16.7 Å². The number of esters is 1. The summed E-state index contributed by atoms with van der Waals surface area (Å²) >= 11 is 1.02. The lowest BCUT2D eigenvalue weighted by atomic mass is 9.90. The predicted octanol–water partition coefficient (Wildman–Crippen LogP) is 2.79. The molecule has 0 N–H and O–H groups in total. The molecule has 2 saturated heterocycles. The van der Waals surface area contributed by atoms with Crippen LogP contribution >= 0.6 is 11.8 Å². The summed E-state index contributed by atoms with van der Waals surface area (Å²) in [6.07, 6.45) is 0. The summed E-state index contributed by atoms with van der Waals surface area (Å²) in [5, 5.41) is 20.1. The Morgan fingerprint density at radius 3 is 2.00 bits per heavy atom. The largest absolute Gasteiger partial charge is 0.459 e. The van der Waals surface area contributed by atoms with Crippen molar-refractivity contribution in [2.24, 2.45) is 0 Å². The van der Waals surface area contributed by atoms with Crippen molar-refractivity contribution in [3.63, 3.8) is 0 Å². The number of non-ortho nitro benzene ring substituents is 1. The van der Waals surface area contributed by atoms with Crippen molar-refractivity contribution in [3.8, 4) is 0 Å². The fourth-order valence-corrected chi connectivity index (χ4v) is 7.49. The molecule has 15 heteroatoms. The molecule has 0 aliphatic carbocycles. The SMILES string of the molecule is Cc1c(C)c(C)c2c(c1C)C(=O)N(C1C(=O)N3C(C(=O)OCc4ccc([N+](=O)[O-])cc4)[C@](C)(CO[N+](=O)[O-])S[C@@H]13)C2=O. The molecule has 2 aromatic carbocycles. The summed E-state index contributed by atoms with van der Waals surface area (Å²) in [7, 11) is 0. The van der Waals surface area contributed by atoms with Crippen molar-refractivity contribution in [1.82, 2.24) is 9.80 Å². The molecule has 3 amide bonds. The molecule has 0 radical (unpaired) electrons. The van der Waals surface area contributed by atoms with E-state index >= 15 is 0 Å². The van der Waals surface area contributed by atoms with E-state index in [1.165, 1.54) is 36.1 Å². The minimum absolute atomic E-state index is 0.148. The number of carbonyl (C=O) groups is 4. The summed E-state index contributed by atoms with van der Waals surface area (Å²) in [5.74, 6) is -2.77. The van der Waals surface area contributed by atoms with Gasteiger partial charge in [-0.15, -0.1) is 21.9 Å². The van der Waals surface area contributed by atoms with Crippen LogP contribution in [0.4, 0.5) is 5.69 Å².